The van der Waals surface area contributed by atoms with Gasteiger partial charge in [-0.3, -0.25) is 4.79 Å². The van der Waals surface area contributed by atoms with E-state index < -0.39 is 17.5 Å². The maximum absolute atomic E-state index is 10.8. The summed E-state index contributed by atoms with van der Waals surface area (Å²) >= 11 is 0. The molecule has 0 aromatic rings. The van der Waals surface area contributed by atoms with Crippen molar-refractivity contribution >= 4 is 11.9 Å². The average molecular weight is 174 g/mol. The lowest BCUT2D eigenvalue weighted by Crippen LogP contribution is -2.39. The fraction of sp³-hybridized carbons (Fsp3) is 0.750. The molecule has 0 amide bonds. The van der Waals surface area contributed by atoms with E-state index in [1.165, 1.54) is 6.92 Å². The van der Waals surface area contributed by atoms with E-state index in [1.54, 1.807) is 13.8 Å². The third-order valence-electron chi connectivity index (χ3n) is 1.75. The van der Waals surface area contributed by atoms with E-state index in [4.69, 9.17) is 9.84 Å². The van der Waals surface area contributed by atoms with Crippen molar-refractivity contribution in [3.05, 3.63) is 0 Å². The first kappa shape index (κ1) is 10.9. The molecule has 4 nitrogen and oxygen atoms in total. The SMILES string of the molecule is CCC(=O)O[C@@](C)(CC)C(=O)O. The molecule has 0 rings (SSSR count). The smallest absolute Gasteiger partial charge is 0.347 e. The largest absolute Gasteiger partial charge is 0.478 e. The highest BCUT2D eigenvalue weighted by molar-refractivity contribution is 5.81. The number of rotatable bonds is 4. The summed E-state index contributed by atoms with van der Waals surface area (Å²) in [7, 11) is 0. The van der Waals surface area contributed by atoms with Gasteiger partial charge in [-0.15, -0.1) is 0 Å². The number of carbonyl (C=O) groups excluding carboxylic acids is 1. The van der Waals surface area contributed by atoms with Crippen molar-refractivity contribution in [2.24, 2.45) is 0 Å². The lowest BCUT2D eigenvalue weighted by molar-refractivity contribution is -0.176. The van der Waals surface area contributed by atoms with Gasteiger partial charge >= 0.3 is 11.9 Å². The van der Waals surface area contributed by atoms with Gasteiger partial charge in [0.15, 0.2) is 0 Å². The second kappa shape index (κ2) is 4.09. The second-order valence-corrected chi connectivity index (χ2v) is 2.72. The Kier molecular flexibility index (Phi) is 3.73. The number of hydrogen-bond donors (Lipinski definition) is 1. The van der Waals surface area contributed by atoms with Crippen molar-refractivity contribution in [1.82, 2.24) is 0 Å². The van der Waals surface area contributed by atoms with Gasteiger partial charge in [-0.25, -0.2) is 4.79 Å². The molecule has 1 atom stereocenters. The quantitative estimate of drug-likeness (QED) is 0.650. The second-order valence-electron chi connectivity index (χ2n) is 2.72. The van der Waals surface area contributed by atoms with Crippen molar-refractivity contribution in [2.75, 3.05) is 0 Å². The molecule has 0 aliphatic carbocycles. The fourth-order valence-corrected chi connectivity index (χ4v) is 0.590. The molecule has 70 valence electrons. The van der Waals surface area contributed by atoms with Crippen LogP contribution in [0.5, 0.6) is 0 Å². The van der Waals surface area contributed by atoms with Crippen molar-refractivity contribution in [1.29, 1.82) is 0 Å². The molecular formula is C8H14O4. The highest BCUT2D eigenvalue weighted by Gasteiger charge is 2.34. The Bertz CT molecular complexity index is 187. The minimum atomic E-state index is -1.37. The lowest BCUT2D eigenvalue weighted by Gasteiger charge is -2.22. The summed E-state index contributed by atoms with van der Waals surface area (Å²) in [5.41, 5.74) is -1.37. The van der Waals surface area contributed by atoms with E-state index in [1.807, 2.05) is 0 Å². The van der Waals surface area contributed by atoms with Gasteiger partial charge in [-0.05, 0) is 13.3 Å². The van der Waals surface area contributed by atoms with Crippen LogP contribution in [0.3, 0.4) is 0 Å². The van der Waals surface area contributed by atoms with Crippen LogP contribution in [-0.2, 0) is 14.3 Å². The summed E-state index contributed by atoms with van der Waals surface area (Å²) in [4.78, 5) is 21.4. The molecule has 0 fully saturated rings. The van der Waals surface area contributed by atoms with E-state index in [2.05, 4.69) is 0 Å². The van der Waals surface area contributed by atoms with E-state index >= 15 is 0 Å². The molecule has 0 saturated heterocycles. The van der Waals surface area contributed by atoms with Crippen LogP contribution in [-0.4, -0.2) is 22.6 Å². The van der Waals surface area contributed by atoms with Crippen LogP contribution < -0.4 is 0 Å². The first-order valence-electron chi connectivity index (χ1n) is 3.91. The first-order chi connectivity index (χ1) is 5.46. The highest BCUT2D eigenvalue weighted by atomic mass is 16.6. The maximum Gasteiger partial charge on any atom is 0.347 e. The normalized spacial score (nSPS) is 14.9. The molecule has 12 heavy (non-hydrogen) atoms. The summed E-state index contributed by atoms with van der Waals surface area (Å²) in [5.74, 6) is -1.59. The van der Waals surface area contributed by atoms with Crippen LogP contribution >= 0.6 is 0 Å². The fourth-order valence-electron chi connectivity index (χ4n) is 0.590. The molecule has 0 radical (unpaired) electrons. The molecule has 0 bridgehead atoms. The van der Waals surface area contributed by atoms with E-state index in [0.717, 1.165) is 0 Å². The van der Waals surface area contributed by atoms with Crippen LogP contribution in [0.2, 0.25) is 0 Å². The van der Waals surface area contributed by atoms with Crippen LogP contribution in [0.15, 0.2) is 0 Å². The van der Waals surface area contributed by atoms with Gasteiger partial charge in [-0.1, -0.05) is 13.8 Å². The monoisotopic (exact) mass is 174 g/mol. The molecule has 1 N–H and O–H groups in total. The predicted molar refractivity (Wildman–Crippen MR) is 42.7 cm³/mol. The van der Waals surface area contributed by atoms with Crippen LogP contribution in [0.25, 0.3) is 0 Å². The van der Waals surface area contributed by atoms with Crippen molar-refractivity contribution in [2.45, 2.75) is 39.2 Å². The zero-order valence-corrected chi connectivity index (χ0v) is 7.59. The summed E-state index contributed by atoms with van der Waals surface area (Å²) in [6.07, 6.45) is 0.469. The predicted octanol–water partition coefficient (Wildman–Crippen LogP) is 1.19. The number of aliphatic carboxylic acids is 1. The maximum atomic E-state index is 10.8. The van der Waals surface area contributed by atoms with E-state index in [-0.39, 0.29) is 12.8 Å². The average Bonchev–Trinajstić information content (AvgIpc) is 2.03. The summed E-state index contributed by atoms with van der Waals surface area (Å²) in [6, 6.07) is 0. The zero-order valence-electron chi connectivity index (χ0n) is 7.59. The number of carbonyl (C=O) groups is 2. The Morgan fingerprint density at radius 3 is 2.17 bits per heavy atom. The Morgan fingerprint density at radius 1 is 1.42 bits per heavy atom. The molecule has 0 heterocycles. The Balaban J connectivity index is 4.34. The van der Waals surface area contributed by atoms with E-state index in [9.17, 15) is 9.59 Å². The number of ether oxygens (including phenoxy) is 1. The molecule has 0 aromatic heterocycles. The summed E-state index contributed by atoms with van der Waals surface area (Å²) < 4.78 is 4.76. The molecule has 4 heteroatoms. The molecule has 0 aromatic carbocycles. The van der Waals surface area contributed by atoms with Gasteiger partial charge < -0.3 is 9.84 Å². The van der Waals surface area contributed by atoms with Gasteiger partial charge in [0.1, 0.15) is 0 Å². The summed E-state index contributed by atoms with van der Waals surface area (Å²) in [6.45, 7) is 4.68. The van der Waals surface area contributed by atoms with Crippen molar-refractivity contribution in [3.8, 4) is 0 Å². The Labute approximate surface area is 71.5 Å². The first-order valence-corrected chi connectivity index (χ1v) is 3.91. The number of carboxylic acids is 1. The Morgan fingerprint density at radius 2 is 1.92 bits per heavy atom. The third-order valence-corrected chi connectivity index (χ3v) is 1.75. The lowest BCUT2D eigenvalue weighted by atomic mass is 10.0. The topological polar surface area (TPSA) is 63.6 Å². The third kappa shape index (κ3) is 2.53. The number of carboxylic acid groups (broad SMARTS) is 1. The summed E-state index contributed by atoms with van der Waals surface area (Å²) in [5, 5.41) is 8.70. The van der Waals surface area contributed by atoms with Gasteiger partial charge in [-0.2, -0.15) is 0 Å². The Hall–Kier alpha value is -1.06. The van der Waals surface area contributed by atoms with Crippen LogP contribution in [0.1, 0.15) is 33.6 Å². The van der Waals surface area contributed by atoms with Crippen LogP contribution in [0.4, 0.5) is 0 Å². The number of esters is 1. The molecule has 0 aliphatic heterocycles. The highest BCUT2D eigenvalue weighted by Crippen LogP contribution is 2.15. The molecule has 0 saturated carbocycles. The molecular weight excluding hydrogens is 160 g/mol. The van der Waals surface area contributed by atoms with E-state index in [0.29, 0.717) is 0 Å². The molecule has 0 unspecified atom stereocenters. The van der Waals surface area contributed by atoms with Gasteiger partial charge in [0, 0.05) is 6.42 Å². The van der Waals surface area contributed by atoms with Gasteiger partial charge in [0.05, 0.1) is 0 Å². The van der Waals surface area contributed by atoms with Gasteiger partial charge in [0.2, 0.25) is 5.60 Å². The molecule has 0 spiro atoms. The standard InChI is InChI=1S/C8H14O4/c1-4-6(9)12-8(3,5-2)7(10)11/h4-5H2,1-3H3,(H,10,11)/t8-/m0/s1. The zero-order chi connectivity index (χ0) is 9.78. The molecule has 0 aliphatic rings. The van der Waals surface area contributed by atoms with Crippen LogP contribution in [0, 0.1) is 0 Å². The van der Waals surface area contributed by atoms with Gasteiger partial charge in [0.25, 0.3) is 0 Å². The van der Waals surface area contributed by atoms with Crippen molar-refractivity contribution in [3.63, 3.8) is 0 Å². The van der Waals surface area contributed by atoms with Crippen molar-refractivity contribution < 1.29 is 19.4 Å². The number of hydrogen-bond acceptors (Lipinski definition) is 3. The minimum Gasteiger partial charge on any atom is -0.478 e. The minimum absolute atomic E-state index is 0.197.